The maximum absolute atomic E-state index is 13.9. The number of hydrogen-bond donors (Lipinski definition) is 3. The molecule has 2 aromatic rings. The van der Waals surface area contributed by atoms with Crippen LogP contribution in [0.1, 0.15) is 20.3 Å². The summed E-state index contributed by atoms with van der Waals surface area (Å²) in [5.74, 6) is -1.97. The molecule has 25 heavy (non-hydrogen) atoms. The van der Waals surface area contributed by atoms with Crippen molar-refractivity contribution < 1.29 is 23.5 Å². The van der Waals surface area contributed by atoms with E-state index in [4.69, 9.17) is 9.52 Å². The molecule has 0 atom stereocenters. The molecule has 0 aliphatic heterocycles. The zero-order valence-corrected chi connectivity index (χ0v) is 14.1. The van der Waals surface area contributed by atoms with Gasteiger partial charge >= 0.3 is 11.8 Å². The summed E-state index contributed by atoms with van der Waals surface area (Å²) in [6.45, 7) is 3.91. The van der Waals surface area contributed by atoms with Gasteiger partial charge in [-0.15, -0.1) is 0 Å². The van der Waals surface area contributed by atoms with Crippen LogP contribution in [0, 0.1) is 11.2 Å². The Kier molecular flexibility index (Phi) is 5.93. The van der Waals surface area contributed by atoms with E-state index in [0.29, 0.717) is 17.7 Å². The summed E-state index contributed by atoms with van der Waals surface area (Å²) < 4.78 is 19.1. The first kappa shape index (κ1) is 18.7. The number of hydrogen-bond acceptors (Lipinski definition) is 4. The minimum absolute atomic E-state index is 0.0140. The number of amides is 2. The number of carbonyl (C=O) groups excluding carboxylic acids is 2. The van der Waals surface area contributed by atoms with E-state index in [0.717, 1.165) is 0 Å². The second-order valence-corrected chi connectivity index (χ2v) is 6.45. The maximum atomic E-state index is 13.9. The number of aliphatic hydroxyl groups excluding tert-OH is 1. The molecule has 0 saturated carbocycles. The summed E-state index contributed by atoms with van der Waals surface area (Å²) in [5, 5.41) is 13.7. The zero-order chi connectivity index (χ0) is 18.4. The fourth-order valence-electron chi connectivity index (χ4n) is 2.19. The normalized spacial score (nSPS) is 11.2. The van der Waals surface area contributed by atoms with Crippen LogP contribution in [0.4, 0.5) is 10.1 Å². The molecule has 7 heteroatoms. The summed E-state index contributed by atoms with van der Waals surface area (Å²) >= 11 is 0. The van der Waals surface area contributed by atoms with E-state index in [1.807, 2.05) is 13.8 Å². The average molecular weight is 348 g/mol. The minimum Gasteiger partial charge on any atom is -0.464 e. The molecule has 6 nitrogen and oxygen atoms in total. The number of rotatable bonds is 6. The molecule has 0 spiro atoms. The third-order valence-electron chi connectivity index (χ3n) is 3.74. The molecule has 1 aromatic carbocycles. The van der Waals surface area contributed by atoms with E-state index in [2.05, 4.69) is 10.6 Å². The molecule has 0 aliphatic rings. The monoisotopic (exact) mass is 348 g/mol. The van der Waals surface area contributed by atoms with Crippen LogP contribution in [0.3, 0.4) is 0 Å². The number of aliphatic hydroxyl groups is 1. The second-order valence-electron chi connectivity index (χ2n) is 6.45. The van der Waals surface area contributed by atoms with Gasteiger partial charge < -0.3 is 20.2 Å². The Morgan fingerprint density at radius 2 is 2.00 bits per heavy atom. The van der Waals surface area contributed by atoms with Crippen molar-refractivity contribution in [3.63, 3.8) is 0 Å². The largest absolute Gasteiger partial charge is 0.464 e. The molecule has 1 aromatic heterocycles. The number of furan rings is 1. The van der Waals surface area contributed by atoms with Crippen molar-refractivity contribution in [2.75, 3.05) is 18.5 Å². The van der Waals surface area contributed by atoms with Gasteiger partial charge in [-0.25, -0.2) is 4.39 Å². The van der Waals surface area contributed by atoms with E-state index in [-0.39, 0.29) is 24.3 Å². The molecule has 2 rings (SSSR count). The molecule has 0 fully saturated rings. The summed E-state index contributed by atoms with van der Waals surface area (Å²) in [6.07, 6.45) is 1.97. The highest BCUT2D eigenvalue weighted by atomic mass is 19.1. The van der Waals surface area contributed by atoms with Gasteiger partial charge in [0, 0.05) is 18.7 Å². The quantitative estimate of drug-likeness (QED) is 0.700. The molecular weight excluding hydrogens is 327 g/mol. The molecule has 0 bridgehead atoms. The van der Waals surface area contributed by atoms with Gasteiger partial charge in [-0.1, -0.05) is 13.8 Å². The highest BCUT2D eigenvalue weighted by Crippen LogP contribution is 2.25. The highest BCUT2D eigenvalue weighted by Gasteiger charge is 2.21. The summed E-state index contributed by atoms with van der Waals surface area (Å²) in [7, 11) is 0. The first-order valence-corrected chi connectivity index (χ1v) is 7.86. The van der Waals surface area contributed by atoms with Crippen LogP contribution in [-0.4, -0.2) is 30.1 Å². The summed E-state index contributed by atoms with van der Waals surface area (Å²) in [5.41, 5.74) is 0.115. The third kappa shape index (κ3) is 5.15. The van der Waals surface area contributed by atoms with Crippen molar-refractivity contribution in [1.29, 1.82) is 0 Å². The average Bonchev–Trinajstić information content (AvgIpc) is 3.09. The Morgan fingerprint density at radius 3 is 2.64 bits per heavy atom. The van der Waals surface area contributed by atoms with Crippen molar-refractivity contribution in [3.05, 3.63) is 42.4 Å². The number of carbonyl (C=O) groups is 2. The van der Waals surface area contributed by atoms with Crippen LogP contribution in [0.5, 0.6) is 0 Å². The Morgan fingerprint density at radius 1 is 1.24 bits per heavy atom. The molecular formula is C18H21FN2O4. The van der Waals surface area contributed by atoms with E-state index in [1.165, 1.54) is 24.5 Å². The van der Waals surface area contributed by atoms with Crippen LogP contribution in [0.15, 0.2) is 41.0 Å². The van der Waals surface area contributed by atoms with Crippen molar-refractivity contribution in [1.82, 2.24) is 5.32 Å². The fourth-order valence-corrected chi connectivity index (χ4v) is 2.19. The van der Waals surface area contributed by atoms with E-state index < -0.39 is 17.6 Å². The van der Waals surface area contributed by atoms with E-state index in [1.54, 1.807) is 12.1 Å². The van der Waals surface area contributed by atoms with Gasteiger partial charge in [0.15, 0.2) is 0 Å². The Hall–Kier alpha value is -2.67. The topological polar surface area (TPSA) is 91.6 Å². The van der Waals surface area contributed by atoms with Crippen LogP contribution < -0.4 is 10.6 Å². The van der Waals surface area contributed by atoms with Crippen molar-refractivity contribution in [3.8, 4) is 11.3 Å². The Labute approximate surface area is 145 Å². The predicted molar refractivity (Wildman–Crippen MR) is 91.2 cm³/mol. The van der Waals surface area contributed by atoms with Gasteiger partial charge in [0.1, 0.15) is 11.6 Å². The number of halogens is 1. The summed E-state index contributed by atoms with van der Waals surface area (Å²) in [4.78, 5) is 23.9. The zero-order valence-electron chi connectivity index (χ0n) is 14.1. The molecule has 0 unspecified atom stereocenters. The first-order chi connectivity index (χ1) is 11.8. The molecule has 2 amide bonds. The molecule has 1 heterocycles. The third-order valence-corrected chi connectivity index (χ3v) is 3.74. The molecule has 0 radical (unpaired) electrons. The van der Waals surface area contributed by atoms with Crippen LogP contribution in [-0.2, 0) is 9.59 Å². The molecule has 0 aliphatic carbocycles. The maximum Gasteiger partial charge on any atom is 0.313 e. The lowest BCUT2D eigenvalue weighted by Crippen LogP contribution is -2.40. The lowest BCUT2D eigenvalue weighted by Gasteiger charge is -2.23. The van der Waals surface area contributed by atoms with Crippen LogP contribution >= 0.6 is 0 Å². The van der Waals surface area contributed by atoms with Crippen molar-refractivity contribution in [2.24, 2.45) is 5.41 Å². The van der Waals surface area contributed by atoms with Gasteiger partial charge in [0.05, 0.1) is 12.0 Å². The van der Waals surface area contributed by atoms with Crippen LogP contribution in [0.25, 0.3) is 11.3 Å². The standard InChI is InChI=1S/C18H21FN2O4/c1-18(2,7-8-22)11-20-16(23)17(24)21-14-10-12(5-6-13(14)19)15-4-3-9-25-15/h3-6,9-10,22H,7-8,11H2,1-2H3,(H,20,23)(H,21,24). The van der Waals surface area contributed by atoms with Gasteiger partial charge in [-0.2, -0.15) is 0 Å². The Bertz CT molecular complexity index is 742. The number of anilines is 1. The summed E-state index contributed by atoms with van der Waals surface area (Å²) in [6, 6.07) is 7.50. The first-order valence-electron chi connectivity index (χ1n) is 7.86. The number of benzene rings is 1. The molecule has 3 N–H and O–H groups in total. The molecule has 0 saturated heterocycles. The predicted octanol–water partition coefficient (Wildman–Crippen LogP) is 2.55. The van der Waals surface area contributed by atoms with Gasteiger partial charge in [0.25, 0.3) is 0 Å². The SMILES string of the molecule is CC(C)(CCO)CNC(=O)C(=O)Nc1cc(-c2ccco2)ccc1F. The second kappa shape index (κ2) is 7.94. The lowest BCUT2D eigenvalue weighted by atomic mass is 9.90. The van der Waals surface area contributed by atoms with Crippen molar-refractivity contribution >= 4 is 17.5 Å². The van der Waals surface area contributed by atoms with Gasteiger partial charge in [-0.3, -0.25) is 9.59 Å². The lowest BCUT2D eigenvalue weighted by molar-refractivity contribution is -0.136. The highest BCUT2D eigenvalue weighted by molar-refractivity contribution is 6.39. The smallest absolute Gasteiger partial charge is 0.313 e. The van der Waals surface area contributed by atoms with Crippen molar-refractivity contribution in [2.45, 2.75) is 20.3 Å². The van der Waals surface area contributed by atoms with Gasteiger partial charge in [0.2, 0.25) is 0 Å². The van der Waals surface area contributed by atoms with Crippen LogP contribution in [0.2, 0.25) is 0 Å². The number of nitrogens with one attached hydrogen (secondary N) is 2. The fraction of sp³-hybridized carbons (Fsp3) is 0.333. The Balaban J connectivity index is 2.02. The minimum atomic E-state index is -0.963. The van der Waals surface area contributed by atoms with Gasteiger partial charge in [-0.05, 0) is 42.2 Å². The molecule has 134 valence electrons. The van der Waals surface area contributed by atoms with E-state index in [9.17, 15) is 14.0 Å². The van der Waals surface area contributed by atoms with E-state index >= 15 is 0 Å².